The maximum Gasteiger partial charge on any atom is 0.251 e. The summed E-state index contributed by atoms with van der Waals surface area (Å²) in [4.78, 5) is 11.8. The van der Waals surface area contributed by atoms with E-state index in [0.29, 0.717) is 0 Å². The molecule has 0 fully saturated rings. The number of phenols is 1. The van der Waals surface area contributed by atoms with Gasteiger partial charge in [0.15, 0.2) is 11.6 Å². The maximum atomic E-state index is 13.1. The molecule has 0 saturated carbocycles. The Morgan fingerprint density at radius 2 is 2.29 bits per heavy atom. The lowest BCUT2D eigenvalue weighted by Gasteiger charge is -2.17. The highest BCUT2D eigenvalue weighted by molar-refractivity contribution is 5.94. The second-order valence-corrected chi connectivity index (χ2v) is 4.11. The van der Waals surface area contributed by atoms with E-state index in [-0.39, 0.29) is 17.5 Å². The molecule has 1 aromatic carbocycles. The molecule has 1 aliphatic rings. The molecule has 0 spiro atoms. The zero-order chi connectivity index (χ0) is 12.3. The lowest BCUT2D eigenvalue weighted by molar-refractivity contribution is 0.0941. The molecule has 0 radical (unpaired) electrons. The molecule has 2 N–H and O–H groups in total. The van der Waals surface area contributed by atoms with Crippen molar-refractivity contribution >= 4 is 5.91 Å². The zero-order valence-electron chi connectivity index (χ0n) is 9.32. The lowest BCUT2D eigenvalue weighted by Crippen LogP contribution is -2.34. The second-order valence-electron chi connectivity index (χ2n) is 4.11. The van der Waals surface area contributed by atoms with Gasteiger partial charge in [0.1, 0.15) is 0 Å². The van der Waals surface area contributed by atoms with Gasteiger partial charge in [0.2, 0.25) is 0 Å². The zero-order valence-corrected chi connectivity index (χ0v) is 9.32. The summed E-state index contributed by atoms with van der Waals surface area (Å²) in [7, 11) is 0. The van der Waals surface area contributed by atoms with Crippen LogP contribution in [0.1, 0.15) is 29.6 Å². The Bertz CT molecular complexity index is 457. The van der Waals surface area contributed by atoms with Crippen LogP contribution < -0.4 is 5.32 Å². The van der Waals surface area contributed by atoms with Crippen LogP contribution in [0.2, 0.25) is 0 Å². The van der Waals surface area contributed by atoms with Gasteiger partial charge in [-0.15, -0.1) is 0 Å². The molecule has 0 bridgehead atoms. The van der Waals surface area contributed by atoms with E-state index in [1.807, 2.05) is 12.2 Å². The summed E-state index contributed by atoms with van der Waals surface area (Å²) in [5, 5.41) is 11.8. The summed E-state index contributed by atoms with van der Waals surface area (Å²) in [5.41, 5.74) is 0.222. The first-order chi connectivity index (χ1) is 8.16. The normalized spacial score (nSPS) is 19.0. The molecule has 0 aromatic heterocycles. The third kappa shape index (κ3) is 2.84. The molecule has 4 heteroatoms. The largest absolute Gasteiger partial charge is 0.505 e. The van der Waals surface area contributed by atoms with E-state index in [9.17, 15) is 9.18 Å². The number of carbonyl (C=O) groups excluding carboxylic acids is 1. The Hall–Kier alpha value is -1.84. The van der Waals surface area contributed by atoms with Crippen molar-refractivity contribution < 1.29 is 14.3 Å². The van der Waals surface area contributed by atoms with E-state index in [2.05, 4.69) is 5.32 Å². The van der Waals surface area contributed by atoms with Crippen LogP contribution in [-0.2, 0) is 0 Å². The quantitative estimate of drug-likeness (QED) is 0.773. The summed E-state index contributed by atoms with van der Waals surface area (Å²) in [6.07, 6.45) is 6.98. The van der Waals surface area contributed by atoms with Crippen LogP contribution in [0.5, 0.6) is 5.75 Å². The highest BCUT2D eigenvalue weighted by Gasteiger charge is 2.14. The topological polar surface area (TPSA) is 49.3 Å². The number of aromatic hydroxyl groups is 1. The number of hydrogen-bond acceptors (Lipinski definition) is 2. The van der Waals surface area contributed by atoms with Gasteiger partial charge in [0.05, 0.1) is 0 Å². The Balaban J connectivity index is 2.06. The van der Waals surface area contributed by atoms with E-state index in [0.717, 1.165) is 25.3 Å². The van der Waals surface area contributed by atoms with Gasteiger partial charge in [-0.25, -0.2) is 4.39 Å². The van der Waals surface area contributed by atoms with Crippen molar-refractivity contribution in [2.45, 2.75) is 25.3 Å². The molecule has 0 saturated heterocycles. The first kappa shape index (κ1) is 11.6. The lowest BCUT2D eigenvalue weighted by atomic mass is 10.0. The molecule has 1 unspecified atom stereocenters. The van der Waals surface area contributed by atoms with Crippen LogP contribution in [0.3, 0.4) is 0 Å². The van der Waals surface area contributed by atoms with Gasteiger partial charge < -0.3 is 10.4 Å². The number of amides is 1. The number of carbonyl (C=O) groups is 1. The van der Waals surface area contributed by atoms with Crippen molar-refractivity contribution in [2.75, 3.05) is 0 Å². The third-order valence-electron chi connectivity index (χ3n) is 2.78. The smallest absolute Gasteiger partial charge is 0.251 e. The Labute approximate surface area is 99.0 Å². The van der Waals surface area contributed by atoms with E-state index < -0.39 is 11.6 Å². The first-order valence-electron chi connectivity index (χ1n) is 5.63. The van der Waals surface area contributed by atoms with Crippen LogP contribution in [0.4, 0.5) is 4.39 Å². The number of allylic oxidation sites excluding steroid dienone is 1. The third-order valence-corrected chi connectivity index (χ3v) is 2.78. The number of hydrogen-bond donors (Lipinski definition) is 2. The molecule has 17 heavy (non-hydrogen) atoms. The highest BCUT2D eigenvalue weighted by atomic mass is 19.1. The molecule has 90 valence electrons. The SMILES string of the molecule is O=C(NC1C=CCCC1)c1ccc(O)c(F)c1. The predicted molar refractivity (Wildman–Crippen MR) is 62.3 cm³/mol. The molecule has 1 amide bonds. The van der Waals surface area contributed by atoms with Gasteiger partial charge in [-0.1, -0.05) is 12.2 Å². The van der Waals surface area contributed by atoms with Crippen molar-refractivity contribution in [3.8, 4) is 5.75 Å². The average Bonchev–Trinajstić information content (AvgIpc) is 2.34. The van der Waals surface area contributed by atoms with Crippen molar-refractivity contribution in [3.63, 3.8) is 0 Å². The van der Waals surface area contributed by atoms with E-state index in [4.69, 9.17) is 5.11 Å². The Morgan fingerprint density at radius 3 is 2.94 bits per heavy atom. The second kappa shape index (κ2) is 4.99. The Morgan fingerprint density at radius 1 is 1.47 bits per heavy atom. The van der Waals surface area contributed by atoms with E-state index >= 15 is 0 Å². The molecule has 0 heterocycles. The van der Waals surface area contributed by atoms with Crippen LogP contribution in [0, 0.1) is 5.82 Å². The molecule has 0 aliphatic heterocycles. The van der Waals surface area contributed by atoms with Crippen LogP contribution in [-0.4, -0.2) is 17.1 Å². The van der Waals surface area contributed by atoms with Gasteiger partial charge >= 0.3 is 0 Å². The van der Waals surface area contributed by atoms with Gasteiger partial charge in [-0.3, -0.25) is 4.79 Å². The van der Waals surface area contributed by atoms with Gasteiger partial charge in [0, 0.05) is 11.6 Å². The summed E-state index contributed by atoms with van der Waals surface area (Å²) in [5.74, 6) is -1.55. The van der Waals surface area contributed by atoms with Gasteiger partial charge in [0.25, 0.3) is 5.91 Å². The van der Waals surface area contributed by atoms with Crippen molar-refractivity contribution in [1.29, 1.82) is 0 Å². The van der Waals surface area contributed by atoms with Gasteiger partial charge in [-0.05, 0) is 37.5 Å². The van der Waals surface area contributed by atoms with Crippen molar-refractivity contribution in [2.24, 2.45) is 0 Å². The maximum absolute atomic E-state index is 13.1. The molecule has 1 aliphatic carbocycles. The number of nitrogens with one attached hydrogen (secondary N) is 1. The van der Waals surface area contributed by atoms with Gasteiger partial charge in [-0.2, -0.15) is 0 Å². The summed E-state index contributed by atoms with van der Waals surface area (Å²) in [6, 6.07) is 3.64. The molecule has 1 atom stereocenters. The van der Waals surface area contributed by atoms with Crippen LogP contribution in [0.25, 0.3) is 0 Å². The van der Waals surface area contributed by atoms with Crippen molar-refractivity contribution in [1.82, 2.24) is 5.32 Å². The van der Waals surface area contributed by atoms with Crippen molar-refractivity contribution in [3.05, 3.63) is 41.7 Å². The number of halogens is 1. The summed E-state index contributed by atoms with van der Waals surface area (Å²) < 4.78 is 13.1. The standard InChI is InChI=1S/C13H14FNO2/c14-11-8-9(6-7-12(11)16)13(17)15-10-4-2-1-3-5-10/h2,4,6-8,10,16H,1,3,5H2,(H,15,17). The molecule has 2 rings (SSSR count). The monoisotopic (exact) mass is 235 g/mol. The fourth-order valence-electron chi connectivity index (χ4n) is 1.83. The fraction of sp³-hybridized carbons (Fsp3) is 0.308. The van der Waals surface area contributed by atoms with Crippen LogP contribution in [0.15, 0.2) is 30.4 Å². The van der Waals surface area contributed by atoms with E-state index in [1.165, 1.54) is 12.1 Å². The molecule has 1 aromatic rings. The Kier molecular flexibility index (Phi) is 3.42. The highest BCUT2D eigenvalue weighted by Crippen LogP contribution is 2.17. The fourth-order valence-corrected chi connectivity index (χ4v) is 1.83. The predicted octanol–water partition coefficient (Wildman–Crippen LogP) is 2.37. The van der Waals surface area contributed by atoms with E-state index in [1.54, 1.807) is 0 Å². The summed E-state index contributed by atoms with van der Waals surface area (Å²) >= 11 is 0. The van der Waals surface area contributed by atoms with Crippen LogP contribution >= 0.6 is 0 Å². The number of phenolic OH excluding ortho intramolecular Hbond substituents is 1. The first-order valence-corrected chi connectivity index (χ1v) is 5.63. The molecular weight excluding hydrogens is 221 g/mol. The minimum Gasteiger partial charge on any atom is -0.505 e. The minimum atomic E-state index is -0.781. The molecular formula is C13H14FNO2. The summed E-state index contributed by atoms with van der Waals surface area (Å²) in [6.45, 7) is 0. The minimum absolute atomic E-state index is 0.0214. The molecule has 3 nitrogen and oxygen atoms in total. The number of benzene rings is 1. The number of rotatable bonds is 2. The average molecular weight is 235 g/mol.